The number of hydrogen-bond acceptors (Lipinski definition) is 7. The van der Waals surface area contributed by atoms with E-state index in [4.69, 9.17) is 4.84 Å². The number of rotatable bonds is 14. The standard InChI is InChI=1S/C42H66N4O4/c1-27-13-11-14-30(17-27)22-45(34(25-44(9)10)21-41(4,5)6)23-31-15-12-16-32(18-31)24-46-39(38(29(3)48)37(26-47)50-46)40(49)43-36-20-33-19-35(28(36)2)42(33,7)8/h11-18,28-29,33-39,47-48H,19-26H2,1-10H3,(H,43,49)/t28-,29-,33-,34-,35+,36-,37-,38+,39-/m0/s1. The molecular formula is C42H66N4O4. The first-order valence-corrected chi connectivity index (χ1v) is 19.0. The molecule has 278 valence electrons. The van der Waals surface area contributed by atoms with E-state index in [1.807, 2.05) is 0 Å². The maximum Gasteiger partial charge on any atom is 0.240 e. The SMILES string of the molecule is Cc1cccc(CN(Cc2cccc(CN3O[C@@H](CO)[C@@H]([C@H](C)O)[C@H]3C(=O)N[C@H]3C[C@@H]4C[C@H]([C@@H]3C)C4(C)C)c2)[C@H](CN(C)C)CC(C)(C)C)c1. The summed E-state index contributed by atoms with van der Waals surface area (Å²) in [6.07, 6.45) is 1.82. The van der Waals surface area contributed by atoms with E-state index in [1.54, 1.807) is 12.0 Å². The number of carbonyl (C=O) groups excluding carboxylic acids is 1. The topological polar surface area (TPSA) is 88.5 Å². The summed E-state index contributed by atoms with van der Waals surface area (Å²) in [5.74, 6) is 0.965. The van der Waals surface area contributed by atoms with E-state index in [1.165, 1.54) is 23.1 Å². The number of aryl methyl sites for hydroxylation is 1. The maximum atomic E-state index is 14.2. The Bertz CT molecular complexity index is 1440. The fourth-order valence-electron chi connectivity index (χ4n) is 9.52. The lowest BCUT2D eigenvalue weighted by Crippen LogP contribution is -2.62. The van der Waals surface area contributed by atoms with E-state index in [0.29, 0.717) is 35.8 Å². The highest BCUT2D eigenvalue weighted by Gasteiger charge is 2.57. The third kappa shape index (κ3) is 8.99. The molecule has 1 aliphatic heterocycles. The number of amides is 1. The summed E-state index contributed by atoms with van der Waals surface area (Å²) >= 11 is 0. The molecule has 8 nitrogen and oxygen atoms in total. The number of benzene rings is 2. The van der Waals surface area contributed by atoms with Gasteiger partial charge in [0.2, 0.25) is 5.91 Å². The van der Waals surface area contributed by atoms with E-state index in [-0.39, 0.29) is 24.0 Å². The molecule has 4 aliphatic rings. The number of aliphatic hydroxyl groups is 2. The molecule has 1 heterocycles. The van der Waals surface area contributed by atoms with Crippen LogP contribution < -0.4 is 5.32 Å². The monoisotopic (exact) mass is 691 g/mol. The van der Waals surface area contributed by atoms with Gasteiger partial charge in [-0.3, -0.25) is 14.5 Å². The Labute approximate surface area is 302 Å². The average molecular weight is 691 g/mol. The molecule has 1 amide bonds. The molecule has 2 aromatic rings. The van der Waals surface area contributed by atoms with E-state index in [0.717, 1.165) is 38.0 Å². The van der Waals surface area contributed by atoms with Crippen LogP contribution in [0.2, 0.25) is 0 Å². The van der Waals surface area contributed by atoms with Crippen LogP contribution in [0.1, 0.15) is 90.0 Å². The summed E-state index contributed by atoms with van der Waals surface area (Å²) in [5.41, 5.74) is 5.32. The van der Waals surface area contributed by atoms with Crippen molar-refractivity contribution in [3.8, 4) is 0 Å². The molecule has 3 N–H and O–H groups in total. The quantitative estimate of drug-likeness (QED) is 0.223. The summed E-state index contributed by atoms with van der Waals surface area (Å²) in [6, 6.07) is 17.2. The number of hydrogen-bond donors (Lipinski definition) is 3. The van der Waals surface area contributed by atoms with Gasteiger partial charge in [0.25, 0.3) is 0 Å². The lowest BCUT2D eigenvalue weighted by atomic mass is 9.45. The van der Waals surface area contributed by atoms with Crippen LogP contribution in [0.3, 0.4) is 0 Å². The second kappa shape index (κ2) is 15.7. The molecule has 0 unspecified atom stereocenters. The van der Waals surface area contributed by atoms with E-state index < -0.39 is 24.2 Å². The van der Waals surface area contributed by atoms with Gasteiger partial charge in [0.15, 0.2) is 0 Å². The van der Waals surface area contributed by atoms with Crippen molar-refractivity contribution in [1.29, 1.82) is 0 Å². The fourth-order valence-corrected chi connectivity index (χ4v) is 9.52. The fraction of sp³-hybridized carbons (Fsp3) is 0.690. The smallest absolute Gasteiger partial charge is 0.240 e. The second-order valence-electron chi connectivity index (χ2n) is 18.1. The Morgan fingerprint density at radius 2 is 1.70 bits per heavy atom. The summed E-state index contributed by atoms with van der Waals surface area (Å²) in [7, 11) is 4.31. The van der Waals surface area contributed by atoms with Crippen molar-refractivity contribution < 1.29 is 19.8 Å². The molecule has 0 radical (unpaired) electrons. The number of nitrogens with zero attached hydrogens (tertiary/aromatic N) is 3. The van der Waals surface area contributed by atoms with E-state index >= 15 is 0 Å². The summed E-state index contributed by atoms with van der Waals surface area (Å²) in [6.45, 7) is 20.5. The van der Waals surface area contributed by atoms with Gasteiger partial charge in [-0.05, 0) is 92.5 Å². The zero-order chi connectivity index (χ0) is 36.5. The Kier molecular flexibility index (Phi) is 12.2. The Balaban J connectivity index is 1.37. The molecule has 0 aromatic heterocycles. The van der Waals surface area contributed by atoms with Gasteiger partial charge in [0.1, 0.15) is 12.1 Å². The van der Waals surface area contributed by atoms with Crippen LogP contribution in [0, 0.1) is 41.4 Å². The van der Waals surface area contributed by atoms with Gasteiger partial charge in [-0.1, -0.05) is 95.6 Å². The Morgan fingerprint density at radius 1 is 1.06 bits per heavy atom. The average Bonchev–Trinajstić information content (AvgIpc) is 3.39. The molecule has 4 fully saturated rings. The highest BCUT2D eigenvalue weighted by atomic mass is 16.7. The van der Waals surface area contributed by atoms with Gasteiger partial charge in [0.05, 0.1) is 19.3 Å². The number of likely N-dealkylation sites (N-methyl/N-ethyl adjacent to an activating group) is 1. The minimum absolute atomic E-state index is 0.106. The zero-order valence-corrected chi connectivity index (χ0v) is 32.5. The lowest BCUT2D eigenvalue weighted by molar-refractivity contribution is -0.183. The van der Waals surface area contributed by atoms with Gasteiger partial charge in [-0.15, -0.1) is 0 Å². The first kappa shape index (κ1) is 38.9. The minimum Gasteiger partial charge on any atom is -0.394 e. The van der Waals surface area contributed by atoms with Crippen molar-refractivity contribution in [2.45, 2.75) is 125 Å². The van der Waals surface area contributed by atoms with E-state index in [2.05, 4.69) is 126 Å². The van der Waals surface area contributed by atoms with Gasteiger partial charge < -0.3 is 20.4 Å². The lowest BCUT2D eigenvalue weighted by Gasteiger charge is -2.62. The number of fused-ring (bicyclic) bond motifs is 2. The molecule has 9 atom stereocenters. The number of nitrogens with one attached hydrogen (secondary N) is 1. The van der Waals surface area contributed by atoms with Crippen molar-refractivity contribution in [3.05, 3.63) is 70.8 Å². The Hall–Kier alpha value is -2.33. The van der Waals surface area contributed by atoms with Crippen LogP contribution in [-0.2, 0) is 29.3 Å². The van der Waals surface area contributed by atoms with Crippen LogP contribution in [0.4, 0.5) is 0 Å². The molecule has 6 rings (SSSR count). The van der Waals surface area contributed by atoms with Crippen LogP contribution in [0.25, 0.3) is 0 Å². The maximum absolute atomic E-state index is 14.2. The molecule has 2 aromatic carbocycles. The van der Waals surface area contributed by atoms with E-state index in [9.17, 15) is 15.0 Å². The first-order valence-electron chi connectivity index (χ1n) is 19.0. The van der Waals surface area contributed by atoms with Gasteiger partial charge in [-0.25, -0.2) is 0 Å². The second-order valence-corrected chi connectivity index (χ2v) is 18.1. The van der Waals surface area contributed by atoms with Crippen LogP contribution in [0.15, 0.2) is 48.5 Å². The zero-order valence-electron chi connectivity index (χ0n) is 32.5. The van der Waals surface area contributed by atoms with Crippen LogP contribution >= 0.6 is 0 Å². The van der Waals surface area contributed by atoms with Gasteiger partial charge >= 0.3 is 0 Å². The highest BCUT2D eigenvalue weighted by Crippen LogP contribution is 2.61. The molecule has 3 saturated carbocycles. The number of aliphatic hydroxyl groups excluding tert-OH is 2. The predicted molar refractivity (Wildman–Crippen MR) is 201 cm³/mol. The summed E-state index contributed by atoms with van der Waals surface area (Å²) in [4.78, 5) is 25.4. The highest BCUT2D eigenvalue weighted by molar-refractivity contribution is 5.82. The van der Waals surface area contributed by atoms with Crippen molar-refractivity contribution in [3.63, 3.8) is 0 Å². The normalized spacial score (nSPS) is 29.2. The molecule has 3 aliphatic carbocycles. The third-order valence-electron chi connectivity index (χ3n) is 12.2. The molecule has 0 spiro atoms. The van der Waals surface area contributed by atoms with Gasteiger partial charge in [0, 0.05) is 37.6 Å². The summed E-state index contributed by atoms with van der Waals surface area (Å²) in [5, 5.41) is 26.3. The van der Waals surface area contributed by atoms with Crippen molar-refractivity contribution in [2.24, 2.45) is 34.5 Å². The molecule has 1 saturated heterocycles. The third-order valence-corrected chi connectivity index (χ3v) is 12.2. The largest absolute Gasteiger partial charge is 0.394 e. The van der Waals surface area contributed by atoms with Crippen LogP contribution in [-0.4, -0.2) is 88.6 Å². The number of hydroxylamine groups is 2. The molecule has 2 bridgehead atoms. The van der Waals surface area contributed by atoms with Crippen molar-refractivity contribution >= 4 is 5.91 Å². The van der Waals surface area contributed by atoms with Crippen molar-refractivity contribution in [2.75, 3.05) is 27.2 Å². The molecule has 50 heavy (non-hydrogen) atoms. The van der Waals surface area contributed by atoms with Crippen LogP contribution in [0.5, 0.6) is 0 Å². The first-order chi connectivity index (χ1) is 23.5. The molecular weight excluding hydrogens is 624 g/mol. The number of carbonyl (C=O) groups is 1. The van der Waals surface area contributed by atoms with Crippen molar-refractivity contribution in [1.82, 2.24) is 20.2 Å². The predicted octanol–water partition coefficient (Wildman–Crippen LogP) is 6.02. The Morgan fingerprint density at radius 3 is 2.26 bits per heavy atom. The van der Waals surface area contributed by atoms with Gasteiger partial charge in [-0.2, -0.15) is 5.06 Å². The summed E-state index contributed by atoms with van der Waals surface area (Å²) < 4.78 is 0. The minimum atomic E-state index is -0.818. The molecule has 8 heteroatoms.